The van der Waals surface area contributed by atoms with Crippen LogP contribution in [0.15, 0.2) is 35.9 Å². The lowest BCUT2D eigenvalue weighted by Crippen LogP contribution is -2.54. The van der Waals surface area contributed by atoms with Gasteiger partial charge in [-0.2, -0.15) is 0 Å². The van der Waals surface area contributed by atoms with Gasteiger partial charge in [0.05, 0.1) is 7.11 Å². The number of primary amides is 1. The summed E-state index contributed by atoms with van der Waals surface area (Å²) in [5.41, 5.74) is 13.2. The van der Waals surface area contributed by atoms with Gasteiger partial charge in [0.1, 0.15) is 17.1 Å². The SMILES string of the molecule is COc1ccc2c(c1CCC(N)=O)C=C(C1CCC13CCc1cc(C)ccc1O3)CC2C. The lowest BCUT2D eigenvalue weighted by molar-refractivity contribution is -0.117. The van der Waals surface area contributed by atoms with Crippen LogP contribution in [0.2, 0.25) is 0 Å². The molecule has 3 atom stereocenters. The fourth-order valence-electron chi connectivity index (χ4n) is 6.09. The van der Waals surface area contributed by atoms with E-state index in [2.05, 4.69) is 44.2 Å². The van der Waals surface area contributed by atoms with Crippen molar-refractivity contribution < 1.29 is 14.3 Å². The van der Waals surface area contributed by atoms with Gasteiger partial charge in [0.2, 0.25) is 5.91 Å². The molecule has 4 nitrogen and oxygen atoms in total. The van der Waals surface area contributed by atoms with Crippen LogP contribution in [0.3, 0.4) is 0 Å². The Balaban J connectivity index is 1.50. The average Bonchev–Trinajstić information content (AvgIpc) is 2.76. The molecular weight excluding hydrogens is 398 g/mol. The van der Waals surface area contributed by atoms with E-state index in [-0.39, 0.29) is 11.5 Å². The van der Waals surface area contributed by atoms with Gasteiger partial charge in [0.25, 0.3) is 0 Å². The highest BCUT2D eigenvalue weighted by molar-refractivity contribution is 5.75. The first-order chi connectivity index (χ1) is 15.4. The van der Waals surface area contributed by atoms with Crippen molar-refractivity contribution in [1.29, 1.82) is 0 Å². The predicted molar refractivity (Wildman–Crippen MR) is 127 cm³/mol. The lowest BCUT2D eigenvalue weighted by Gasteiger charge is -2.53. The summed E-state index contributed by atoms with van der Waals surface area (Å²) in [5, 5.41) is 0. The molecule has 0 bridgehead atoms. The number of benzene rings is 2. The molecule has 2 aromatic carbocycles. The summed E-state index contributed by atoms with van der Waals surface area (Å²) in [7, 11) is 1.70. The summed E-state index contributed by atoms with van der Waals surface area (Å²) < 4.78 is 12.4. The highest BCUT2D eigenvalue weighted by Gasteiger charge is 2.52. The van der Waals surface area contributed by atoms with Crippen LogP contribution in [0, 0.1) is 12.8 Å². The third-order valence-corrected chi connectivity index (χ3v) is 7.88. The normalized spacial score (nSPS) is 25.8. The molecule has 1 spiro atoms. The van der Waals surface area contributed by atoms with Gasteiger partial charge in [0.15, 0.2) is 0 Å². The molecule has 1 heterocycles. The Bertz CT molecular complexity index is 1100. The topological polar surface area (TPSA) is 61.5 Å². The van der Waals surface area contributed by atoms with Crippen molar-refractivity contribution >= 4 is 12.0 Å². The maximum atomic E-state index is 11.5. The largest absolute Gasteiger partial charge is 0.496 e. The van der Waals surface area contributed by atoms with Crippen LogP contribution >= 0.6 is 0 Å². The number of hydrogen-bond acceptors (Lipinski definition) is 3. The van der Waals surface area contributed by atoms with Crippen molar-refractivity contribution in [3.05, 3.63) is 63.7 Å². The van der Waals surface area contributed by atoms with Crippen molar-refractivity contribution in [2.45, 2.75) is 70.3 Å². The number of aryl methyl sites for hydroxylation is 2. The van der Waals surface area contributed by atoms with E-state index in [1.165, 1.54) is 34.2 Å². The van der Waals surface area contributed by atoms with Crippen LogP contribution in [-0.2, 0) is 17.6 Å². The Morgan fingerprint density at radius 1 is 1.25 bits per heavy atom. The number of methoxy groups -OCH3 is 1. The van der Waals surface area contributed by atoms with E-state index in [1.807, 2.05) is 6.07 Å². The zero-order chi connectivity index (χ0) is 22.5. The monoisotopic (exact) mass is 431 g/mol. The molecule has 3 unspecified atom stereocenters. The van der Waals surface area contributed by atoms with Crippen LogP contribution < -0.4 is 15.2 Å². The second-order valence-corrected chi connectivity index (χ2v) is 9.91. The number of carbonyl (C=O) groups is 1. The standard InChI is InChI=1S/C28H33NO3/c1-17-4-7-25-19(14-17)10-12-28(32-25)13-11-24(28)20-15-18(2)21-5-8-26(31-3)22(23(21)16-20)6-9-27(29)30/h4-5,7-8,14,16,18,24H,6,9-13,15H2,1-3H3,(H2,29,30). The molecule has 1 fully saturated rings. The van der Waals surface area contributed by atoms with E-state index in [9.17, 15) is 4.79 Å². The maximum Gasteiger partial charge on any atom is 0.217 e. The van der Waals surface area contributed by atoms with Gasteiger partial charge in [-0.3, -0.25) is 4.79 Å². The zero-order valence-corrected chi connectivity index (χ0v) is 19.4. The fourth-order valence-corrected chi connectivity index (χ4v) is 6.09. The fraction of sp³-hybridized carbons (Fsp3) is 0.464. The lowest BCUT2D eigenvalue weighted by atomic mass is 9.60. The highest BCUT2D eigenvalue weighted by atomic mass is 16.5. The molecule has 0 radical (unpaired) electrons. The van der Waals surface area contributed by atoms with E-state index in [0.717, 1.165) is 42.7 Å². The summed E-state index contributed by atoms with van der Waals surface area (Å²) in [6.45, 7) is 4.45. The van der Waals surface area contributed by atoms with Crippen molar-refractivity contribution in [2.75, 3.05) is 7.11 Å². The minimum Gasteiger partial charge on any atom is -0.496 e. The number of fused-ring (bicyclic) bond motifs is 2. The number of amides is 1. The molecule has 4 heteroatoms. The first-order valence-corrected chi connectivity index (χ1v) is 11.9. The molecule has 0 aromatic heterocycles. The quantitative estimate of drug-likeness (QED) is 0.681. The van der Waals surface area contributed by atoms with Gasteiger partial charge >= 0.3 is 0 Å². The predicted octanol–water partition coefficient (Wildman–Crippen LogP) is 5.49. The molecule has 1 aliphatic heterocycles. The van der Waals surface area contributed by atoms with E-state index >= 15 is 0 Å². The first-order valence-electron chi connectivity index (χ1n) is 11.9. The Morgan fingerprint density at radius 3 is 2.81 bits per heavy atom. The van der Waals surface area contributed by atoms with Gasteiger partial charge in [0, 0.05) is 17.9 Å². The van der Waals surface area contributed by atoms with E-state index in [1.54, 1.807) is 7.11 Å². The number of hydrogen-bond donors (Lipinski definition) is 1. The maximum absolute atomic E-state index is 11.5. The second-order valence-electron chi connectivity index (χ2n) is 9.91. The average molecular weight is 432 g/mol. The van der Waals surface area contributed by atoms with Crippen molar-refractivity contribution in [3.8, 4) is 11.5 Å². The van der Waals surface area contributed by atoms with Crippen LogP contribution in [0.5, 0.6) is 11.5 Å². The van der Waals surface area contributed by atoms with Gasteiger partial charge < -0.3 is 15.2 Å². The Labute approximate surface area is 190 Å². The smallest absolute Gasteiger partial charge is 0.217 e. The first kappa shape index (κ1) is 21.1. The van der Waals surface area contributed by atoms with Crippen LogP contribution in [0.25, 0.3) is 6.08 Å². The molecule has 1 saturated carbocycles. The van der Waals surface area contributed by atoms with E-state index < -0.39 is 0 Å². The van der Waals surface area contributed by atoms with Crippen molar-refractivity contribution in [3.63, 3.8) is 0 Å². The molecule has 32 heavy (non-hydrogen) atoms. The summed E-state index contributed by atoms with van der Waals surface area (Å²) in [6.07, 6.45) is 8.85. The van der Waals surface area contributed by atoms with Gasteiger partial charge in [-0.15, -0.1) is 0 Å². The molecule has 0 saturated heterocycles. The van der Waals surface area contributed by atoms with Crippen LogP contribution in [-0.4, -0.2) is 18.6 Å². The summed E-state index contributed by atoms with van der Waals surface area (Å²) in [5.74, 6) is 2.51. The van der Waals surface area contributed by atoms with Gasteiger partial charge in [-0.25, -0.2) is 0 Å². The Hall–Kier alpha value is -2.75. The molecule has 168 valence electrons. The summed E-state index contributed by atoms with van der Waals surface area (Å²) in [4.78, 5) is 11.5. The minimum atomic E-state index is -0.278. The third kappa shape index (κ3) is 3.50. The third-order valence-electron chi connectivity index (χ3n) is 7.88. The Morgan fingerprint density at radius 2 is 2.09 bits per heavy atom. The van der Waals surface area contributed by atoms with Crippen LogP contribution in [0.1, 0.15) is 72.8 Å². The van der Waals surface area contributed by atoms with Crippen molar-refractivity contribution in [2.24, 2.45) is 11.7 Å². The number of nitrogens with two attached hydrogens (primary N) is 1. The molecular formula is C28H33NO3. The number of ether oxygens (including phenoxy) is 2. The Kier molecular flexibility index (Phi) is 5.27. The zero-order valence-electron chi connectivity index (χ0n) is 19.4. The van der Waals surface area contributed by atoms with E-state index in [4.69, 9.17) is 15.2 Å². The van der Waals surface area contributed by atoms with Gasteiger partial charge in [-0.05, 0) is 80.2 Å². The van der Waals surface area contributed by atoms with Gasteiger partial charge in [-0.1, -0.05) is 42.3 Å². The number of carbonyl (C=O) groups excluding carboxylic acids is 1. The highest BCUT2D eigenvalue weighted by Crippen LogP contribution is 2.55. The molecule has 2 N–H and O–H groups in total. The second kappa shape index (κ2) is 7.99. The molecule has 3 aliphatic rings. The minimum absolute atomic E-state index is 0.0719. The van der Waals surface area contributed by atoms with Crippen molar-refractivity contribution in [1.82, 2.24) is 0 Å². The molecule has 5 rings (SSSR count). The summed E-state index contributed by atoms with van der Waals surface area (Å²) in [6, 6.07) is 10.8. The molecule has 1 amide bonds. The summed E-state index contributed by atoms with van der Waals surface area (Å²) >= 11 is 0. The molecule has 2 aliphatic carbocycles. The van der Waals surface area contributed by atoms with E-state index in [0.29, 0.717) is 24.7 Å². The molecule has 2 aromatic rings. The van der Waals surface area contributed by atoms with Crippen LogP contribution in [0.4, 0.5) is 0 Å². The number of rotatable bonds is 5.